The normalized spacial score (nSPS) is 12.8. The standard InChI is InChI=1S/2C11H15NO2.Ni/c2*1-2-10(8-13)12-7-9-5-3-4-6-11(9)14;/h2*3-7,10,13-14H,2,8H2,1H3;. The second-order valence-corrected chi connectivity index (χ2v) is 6.16. The van der Waals surface area contributed by atoms with Gasteiger partial charge in [-0.1, -0.05) is 38.1 Å². The fourth-order valence-electron chi connectivity index (χ4n) is 2.13. The Kier molecular flexibility index (Phi) is 14.5. The maximum absolute atomic E-state index is 9.42. The van der Waals surface area contributed by atoms with Crippen LogP contribution in [0, 0.1) is 0 Å². The monoisotopic (exact) mass is 444 g/mol. The SMILES string of the molecule is CCC(CO)N=Cc1ccccc1O.CCC(CO)N=Cc1ccccc1O.[Ni]. The first-order chi connectivity index (χ1) is 13.5. The third-order valence-corrected chi connectivity index (χ3v) is 4.09. The number of aliphatic hydroxyl groups excluding tert-OH is 2. The predicted octanol–water partition coefficient (Wildman–Crippen LogP) is 3.16. The third kappa shape index (κ3) is 10.2. The molecular formula is C22H30N2NiO4. The first kappa shape index (κ1) is 26.8. The van der Waals surface area contributed by atoms with E-state index in [1.54, 1.807) is 48.8 Å². The summed E-state index contributed by atoms with van der Waals surface area (Å²) in [7, 11) is 0. The number of aromatic hydroxyl groups is 2. The smallest absolute Gasteiger partial charge is 0.124 e. The van der Waals surface area contributed by atoms with E-state index in [0.29, 0.717) is 11.1 Å². The van der Waals surface area contributed by atoms with Gasteiger partial charge >= 0.3 is 0 Å². The van der Waals surface area contributed by atoms with E-state index in [1.807, 2.05) is 26.0 Å². The van der Waals surface area contributed by atoms with Gasteiger partial charge in [0.1, 0.15) is 11.5 Å². The number of benzene rings is 2. The van der Waals surface area contributed by atoms with E-state index < -0.39 is 0 Å². The summed E-state index contributed by atoms with van der Waals surface area (Å²) in [5, 5.41) is 36.6. The van der Waals surface area contributed by atoms with Crippen LogP contribution in [0.3, 0.4) is 0 Å². The molecule has 29 heavy (non-hydrogen) atoms. The van der Waals surface area contributed by atoms with Gasteiger partial charge in [-0.3, -0.25) is 9.98 Å². The summed E-state index contributed by atoms with van der Waals surface area (Å²) in [5.41, 5.74) is 1.36. The van der Waals surface area contributed by atoms with Crippen LogP contribution in [0.1, 0.15) is 37.8 Å². The summed E-state index contributed by atoms with van der Waals surface area (Å²) in [6.45, 7) is 4.01. The Morgan fingerprint density at radius 3 is 1.34 bits per heavy atom. The van der Waals surface area contributed by atoms with Crippen molar-refractivity contribution in [2.75, 3.05) is 13.2 Å². The zero-order chi connectivity index (χ0) is 20.8. The van der Waals surface area contributed by atoms with Crippen molar-refractivity contribution in [3.8, 4) is 11.5 Å². The Morgan fingerprint density at radius 1 is 0.724 bits per heavy atom. The minimum atomic E-state index is -0.0744. The van der Waals surface area contributed by atoms with Crippen molar-refractivity contribution in [3.05, 3.63) is 59.7 Å². The average Bonchev–Trinajstić information content (AvgIpc) is 2.72. The van der Waals surface area contributed by atoms with Gasteiger partial charge in [0.05, 0.1) is 25.3 Å². The van der Waals surface area contributed by atoms with E-state index in [1.165, 1.54) is 0 Å². The molecule has 0 fully saturated rings. The van der Waals surface area contributed by atoms with E-state index in [4.69, 9.17) is 10.2 Å². The van der Waals surface area contributed by atoms with Crippen molar-refractivity contribution in [1.29, 1.82) is 0 Å². The molecule has 6 nitrogen and oxygen atoms in total. The summed E-state index contributed by atoms with van der Waals surface area (Å²) in [5.74, 6) is 0.424. The van der Waals surface area contributed by atoms with Gasteiger partial charge in [-0.2, -0.15) is 0 Å². The number of aliphatic hydroxyl groups is 2. The maximum atomic E-state index is 9.42. The number of aliphatic imine (C=N–C) groups is 2. The van der Waals surface area contributed by atoms with Crippen LogP contribution in [-0.2, 0) is 16.5 Å². The van der Waals surface area contributed by atoms with Crippen molar-refractivity contribution in [2.45, 2.75) is 38.8 Å². The average molecular weight is 445 g/mol. The van der Waals surface area contributed by atoms with Crippen LogP contribution in [-0.4, -0.2) is 58.2 Å². The van der Waals surface area contributed by atoms with E-state index in [9.17, 15) is 10.2 Å². The number of para-hydroxylation sites is 2. The van der Waals surface area contributed by atoms with E-state index in [-0.39, 0.29) is 53.3 Å². The molecule has 2 rings (SSSR count). The van der Waals surface area contributed by atoms with Gasteiger partial charge < -0.3 is 20.4 Å². The number of hydrogen-bond acceptors (Lipinski definition) is 6. The molecule has 162 valence electrons. The Labute approximate surface area is 182 Å². The van der Waals surface area contributed by atoms with E-state index >= 15 is 0 Å². The molecule has 2 aromatic rings. The first-order valence-corrected chi connectivity index (χ1v) is 9.39. The maximum Gasteiger partial charge on any atom is 0.124 e. The Hall–Kier alpha value is -2.21. The number of nitrogens with zero attached hydrogens (tertiary/aromatic N) is 2. The molecular weight excluding hydrogens is 415 g/mol. The minimum Gasteiger partial charge on any atom is -0.507 e. The van der Waals surface area contributed by atoms with Gasteiger partial charge in [-0.05, 0) is 37.1 Å². The molecule has 0 aromatic heterocycles. The Balaban J connectivity index is 0.000000523. The molecule has 0 saturated heterocycles. The van der Waals surface area contributed by atoms with Gasteiger partial charge in [-0.25, -0.2) is 0 Å². The quantitative estimate of drug-likeness (QED) is 0.370. The molecule has 7 heteroatoms. The van der Waals surface area contributed by atoms with Crippen LogP contribution >= 0.6 is 0 Å². The zero-order valence-corrected chi connectivity index (χ0v) is 17.7. The van der Waals surface area contributed by atoms with Gasteiger partial charge in [0.25, 0.3) is 0 Å². The molecule has 2 atom stereocenters. The number of phenolic OH excluding ortho intramolecular Hbond substituents is 2. The molecule has 0 amide bonds. The van der Waals surface area contributed by atoms with Crippen molar-refractivity contribution in [2.24, 2.45) is 9.98 Å². The molecule has 0 radical (unpaired) electrons. The van der Waals surface area contributed by atoms with Gasteiger partial charge in [0, 0.05) is 40.0 Å². The third-order valence-electron chi connectivity index (χ3n) is 4.09. The molecule has 2 unspecified atom stereocenters. The molecule has 0 heterocycles. The molecule has 4 N–H and O–H groups in total. The summed E-state index contributed by atoms with van der Waals surface area (Å²) in [6, 6.07) is 13.8. The van der Waals surface area contributed by atoms with Gasteiger partial charge in [0.2, 0.25) is 0 Å². The second-order valence-electron chi connectivity index (χ2n) is 6.16. The van der Waals surface area contributed by atoms with Crippen molar-refractivity contribution in [3.63, 3.8) is 0 Å². The molecule has 0 aliphatic heterocycles. The fourth-order valence-corrected chi connectivity index (χ4v) is 2.13. The summed E-state index contributed by atoms with van der Waals surface area (Å²) in [4.78, 5) is 8.31. The van der Waals surface area contributed by atoms with Crippen molar-refractivity contribution >= 4 is 12.4 Å². The van der Waals surface area contributed by atoms with E-state index in [2.05, 4.69) is 9.98 Å². The Morgan fingerprint density at radius 2 is 1.07 bits per heavy atom. The molecule has 0 aliphatic rings. The van der Waals surface area contributed by atoms with Crippen LogP contribution in [0.25, 0.3) is 0 Å². The van der Waals surface area contributed by atoms with Crippen LogP contribution in [0.4, 0.5) is 0 Å². The van der Waals surface area contributed by atoms with Crippen LogP contribution in [0.15, 0.2) is 58.5 Å². The molecule has 2 aromatic carbocycles. The largest absolute Gasteiger partial charge is 0.507 e. The van der Waals surface area contributed by atoms with Gasteiger partial charge in [0.15, 0.2) is 0 Å². The van der Waals surface area contributed by atoms with Crippen LogP contribution in [0.5, 0.6) is 11.5 Å². The van der Waals surface area contributed by atoms with Crippen LogP contribution in [0.2, 0.25) is 0 Å². The van der Waals surface area contributed by atoms with E-state index in [0.717, 1.165) is 12.8 Å². The summed E-state index contributed by atoms with van der Waals surface area (Å²) < 4.78 is 0. The number of rotatable bonds is 8. The zero-order valence-electron chi connectivity index (χ0n) is 16.8. The number of hydrogen-bond donors (Lipinski definition) is 4. The summed E-state index contributed by atoms with van der Waals surface area (Å²) in [6.07, 6.45) is 4.78. The van der Waals surface area contributed by atoms with Gasteiger partial charge in [-0.15, -0.1) is 0 Å². The summed E-state index contributed by atoms with van der Waals surface area (Å²) >= 11 is 0. The minimum absolute atomic E-state index is 0. The fraction of sp³-hybridized carbons (Fsp3) is 0.364. The molecule has 0 spiro atoms. The molecule has 0 saturated carbocycles. The van der Waals surface area contributed by atoms with Crippen molar-refractivity contribution < 1.29 is 36.9 Å². The second kappa shape index (κ2) is 15.7. The predicted molar refractivity (Wildman–Crippen MR) is 114 cm³/mol. The molecule has 0 bridgehead atoms. The first-order valence-electron chi connectivity index (χ1n) is 9.39. The van der Waals surface area contributed by atoms with Crippen molar-refractivity contribution in [1.82, 2.24) is 0 Å². The van der Waals surface area contributed by atoms with Crippen LogP contribution < -0.4 is 0 Å². The topological polar surface area (TPSA) is 106 Å². The molecule has 0 aliphatic carbocycles. The Bertz CT molecular complexity index is 682. The number of phenols is 2.